The Hall–Kier alpha value is -0.160. The average Bonchev–Trinajstić information content (AvgIpc) is 2.84. The molecular weight excluding hydrogens is 216 g/mol. The quantitative estimate of drug-likeness (QED) is 0.781. The minimum atomic E-state index is 0.00574. The normalized spacial score (nSPS) is 33.4. The van der Waals surface area contributed by atoms with Crippen molar-refractivity contribution < 1.29 is 9.47 Å². The molecule has 4 nitrogen and oxygen atoms in total. The first-order valence-electron chi connectivity index (χ1n) is 6.85. The van der Waals surface area contributed by atoms with Crippen LogP contribution in [0.4, 0.5) is 0 Å². The molecule has 3 atom stereocenters. The Balaban J connectivity index is 2.16. The first kappa shape index (κ1) is 13.3. The van der Waals surface area contributed by atoms with Crippen LogP contribution in [0.2, 0.25) is 0 Å². The van der Waals surface area contributed by atoms with Gasteiger partial charge in [0.2, 0.25) is 0 Å². The van der Waals surface area contributed by atoms with Gasteiger partial charge in [0.05, 0.1) is 24.9 Å². The molecule has 0 spiro atoms. The second-order valence-corrected chi connectivity index (χ2v) is 5.32. The highest BCUT2D eigenvalue weighted by Gasteiger charge is 2.45. The lowest BCUT2D eigenvalue weighted by Gasteiger charge is -2.49. The fourth-order valence-electron chi connectivity index (χ4n) is 3.49. The van der Waals surface area contributed by atoms with Crippen molar-refractivity contribution in [3.8, 4) is 0 Å². The molecule has 17 heavy (non-hydrogen) atoms. The number of nitrogens with two attached hydrogens (primary N) is 1. The van der Waals surface area contributed by atoms with E-state index in [1.165, 1.54) is 19.3 Å². The van der Waals surface area contributed by atoms with Gasteiger partial charge in [0.1, 0.15) is 0 Å². The predicted molar refractivity (Wildman–Crippen MR) is 68.0 cm³/mol. The standard InChI is InChI=1S/C13H26N2O2/c1-3-13(9-14,10-16-2)15-7-8-17-12-6-4-5-11(12)15/h11-12H,3-10,14H2,1-2H3. The van der Waals surface area contributed by atoms with Gasteiger partial charge in [0.25, 0.3) is 0 Å². The summed E-state index contributed by atoms with van der Waals surface area (Å²) in [6, 6.07) is 0.558. The molecule has 0 aromatic rings. The van der Waals surface area contributed by atoms with Crippen LogP contribution in [0.1, 0.15) is 32.6 Å². The van der Waals surface area contributed by atoms with Crippen LogP contribution in [-0.2, 0) is 9.47 Å². The zero-order valence-electron chi connectivity index (χ0n) is 11.2. The summed E-state index contributed by atoms with van der Waals surface area (Å²) in [5.74, 6) is 0. The summed E-state index contributed by atoms with van der Waals surface area (Å²) in [5.41, 5.74) is 6.06. The van der Waals surface area contributed by atoms with Crippen LogP contribution < -0.4 is 5.73 Å². The summed E-state index contributed by atoms with van der Waals surface area (Å²) >= 11 is 0. The zero-order chi connectivity index (χ0) is 12.3. The molecule has 3 unspecified atom stereocenters. The van der Waals surface area contributed by atoms with Gasteiger partial charge in [0.15, 0.2) is 0 Å². The molecule has 2 rings (SSSR count). The van der Waals surface area contributed by atoms with E-state index in [9.17, 15) is 0 Å². The number of methoxy groups -OCH3 is 1. The molecule has 1 saturated carbocycles. The molecule has 2 aliphatic rings. The molecule has 2 N–H and O–H groups in total. The van der Waals surface area contributed by atoms with Crippen molar-refractivity contribution in [3.05, 3.63) is 0 Å². The molecular formula is C13H26N2O2. The molecule has 0 bridgehead atoms. The molecule has 4 heteroatoms. The Morgan fingerprint density at radius 2 is 2.29 bits per heavy atom. The predicted octanol–water partition coefficient (Wildman–Crippen LogP) is 0.994. The Bertz CT molecular complexity index is 244. The van der Waals surface area contributed by atoms with Gasteiger partial charge < -0.3 is 15.2 Å². The summed E-state index contributed by atoms with van der Waals surface area (Å²) in [4.78, 5) is 2.58. The van der Waals surface area contributed by atoms with Gasteiger partial charge in [0, 0.05) is 26.2 Å². The number of morpholine rings is 1. The maximum absolute atomic E-state index is 6.06. The highest BCUT2D eigenvalue weighted by atomic mass is 16.5. The van der Waals surface area contributed by atoms with E-state index < -0.39 is 0 Å². The molecule has 1 aliphatic heterocycles. The van der Waals surface area contributed by atoms with Gasteiger partial charge in [-0.2, -0.15) is 0 Å². The lowest BCUT2D eigenvalue weighted by Crippen LogP contribution is -2.64. The van der Waals surface area contributed by atoms with Crippen molar-refractivity contribution in [1.29, 1.82) is 0 Å². The Labute approximate surface area is 104 Å². The van der Waals surface area contributed by atoms with Crippen molar-refractivity contribution in [2.75, 3.05) is 33.4 Å². The Kier molecular flexibility index (Phi) is 4.42. The molecule has 1 saturated heterocycles. The smallest absolute Gasteiger partial charge is 0.0731 e. The second-order valence-electron chi connectivity index (χ2n) is 5.32. The summed E-state index contributed by atoms with van der Waals surface area (Å²) in [7, 11) is 1.77. The number of fused-ring (bicyclic) bond motifs is 1. The fourth-order valence-corrected chi connectivity index (χ4v) is 3.49. The lowest BCUT2D eigenvalue weighted by molar-refractivity contribution is -0.113. The van der Waals surface area contributed by atoms with Crippen molar-refractivity contribution in [1.82, 2.24) is 4.90 Å². The van der Waals surface area contributed by atoms with Crippen LogP contribution in [0.25, 0.3) is 0 Å². The molecule has 1 aliphatic carbocycles. The Morgan fingerprint density at radius 3 is 2.94 bits per heavy atom. The first-order valence-corrected chi connectivity index (χ1v) is 6.85. The van der Waals surface area contributed by atoms with Crippen molar-refractivity contribution >= 4 is 0 Å². The van der Waals surface area contributed by atoms with E-state index in [1.807, 2.05) is 0 Å². The minimum absolute atomic E-state index is 0.00574. The van der Waals surface area contributed by atoms with E-state index in [0.29, 0.717) is 18.7 Å². The molecule has 0 aromatic carbocycles. The summed E-state index contributed by atoms with van der Waals surface area (Å²) in [5, 5.41) is 0. The summed E-state index contributed by atoms with van der Waals surface area (Å²) < 4.78 is 11.3. The highest BCUT2D eigenvalue weighted by Crippen LogP contribution is 2.35. The molecule has 2 fully saturated rings. The number of hydrogen-bond acceptors (Lipinski definition) is 4. The average molecular weight is 242 g/mol. The minimum Gasteiger partial charge on any atom is -0.383 e. The largest absolute Gasteiger partial charge is 0.383 e. The first-order chi connectivity index (χ1) is 8.27. The van der Waals surface area contributed by atoms with Crippen LogP contribution in [0, 0.1) is 0 Å². The molecule has 0 amide bonds. The van der Waals surface area contributed by atoms with E-state index in [-0.39, 0.29) is 5.54 Å². The number of ether oxygens (including phenoxy) is 2. The maximum atomic E-state index is 6.06. The van der Waals surface area contributed by atoms with Gasteiger partial charge in [-0.3, -0.25) is 4.90 Å². The van der Waals surface area contributed by atoms with Crippen molar-refractivity contribution in [2.45, 2.75) is 50.3 Å². The third kappa shape index (κ3) is 2.36. The topological polar surface area (TPSA) is 47.7 Å². The van der Waals surface area contributed by atoms with E-state index in [4.69, 9.17) is 15.2 Å². The van der Waals surface area contributed by atoms with E-state index in [0.717, 1.165) is 26.2 Å². The second kappa shape index (κ2) is 5.65. The van der Waals surface area contributed by atoms with E-state index in [1.54, 1.807) is 7.11 Å². The number of hydrogen-bond donors (Lipinski definition) is 1. The summed E-state index contributed by atoms with van der Waals surface area (Å²) in [6.07, 6.45) is 5.20. The fraction of sp³-hybridized carbons (Fsp3) is 1.00. The molecule has 100 valence electrons. The zero-order valence-corrected chi connectivity index (χ0v) is 11.2. The monoisotopic (exact) mass is 242 g/mol. The van der Waals surface area contributed by atoms with Gasteiger partial charge in [-0.25, -0.2) is 0 Å². The summed E-state index contributed by atoms with van der Waals surface area (Å²) in [6.45, 7) is 5.44. The van der Waals surface area contributed by atoms with Gasteiger partial charge in [-0.05, 0) is 25.7 Å². The molecule has 1 heterocycles. The number of nitrogens with zero attached hydrogens (tertiary/aromatic N) is 1. The van der Waals surface area contributed by atoms with Crippen LogP contribution in [0.3, 0.4) is 0 Å². The molecule has 0 radical (unpaired) electrons. The van der Waals surface area contributed by atoms with E-state index >= 15 is 0 Å². The van der Waals surface area contributed by atoms with Crippen LogP contribution in [0.15, 0.2) is 0 Å². The third-order valence-corrected chi connectivity index (χ3v) is 4.54. The number of rotatable bonds is 5. The SMILES string of the molecule is CCC(CN)(COC)N1CCOC2CCCC21. The highest BCUT2D eigenvalue weighted by molar-refractivity contribution is 5.00. The lowest BCUT2D eigenvalue weighted by atomic mass is 9.91. The van der Waals surface area contributed by atoms with E-state index in [2.05, 4.69) is 11.8 Å². The van der Waals surface area contributed by atoms with Gasteiger partial charge in [-0.15, -0.1) is 0 Å². The maximum Gasteiger partial charge on any atom is 0.0731 e. The van der Waals surface area contributed by atoms with Crippen molar-refractivity contribution in [2.24, 2.45) is 5.73 Å². The Morgan fingerprint density at radius 1 is 1.47 bits per heavy atom. The third-order valence-electron chi connectivity index (χ3n) is 4.54. The van der Waals surface area contributed by atoms with Crippen LogP contribution in [0.5, 0.6) is 0 Å². The van der Waals surface area contributed by atoms with Crippen molar-refractivity contribution in [3.63, 3.8) is 0 Å². The van der Waals surface area contributed by atoms with Gasteiger partial charge in [-0.1, -0.05) is 6.92 Å². The van der Waals surface area contributed by atoms with Crippen LogP contribution in [-0.4, -0.2) is 56.0 Å². The molecule has 0 aromatic heterocycles. The van der Waals surface area contributed by atoms with Crippen LogP contribution >= 0.6 is 0 Å². The van der Waals surface area contributed by atoms with Gasteiger partial charge >= 0.3 is 0 Å².